The van der Waals surface area contributed by atoms with E-state index in [0.717, 1.165) is 17.7 Å². The van der Waals surface area contributed by atoms with Crippen molar-refractivity contribution in [2.75, 3.05) is 7.11 Å². The summed E-state index contributed by atoms with van der Waals surface area (Å²) < 4.78 is 5.38. The molecule has 1 unspecified atom stereocenters. The molecule has 3 heteroatoms. The van der Waals surface area contributed by atoms with Crippen molar-refractivity contribution < 1.29 is 4.74 Å². The molecular formula is C17H20ClNO. The van der Waals surface area contributed by atoms with Crippen molar-refractivity contribution in [3.05, 3.63) is 63.7 Å². The number of benzene rings is 2. The number of nitrogens with two attached hydrogens (primary N) is 1. The molecule has 2 nitrogen and oxygen atoms in total. The third-order valence-electron chi connectivity index (χ3n) is 3.66. The number of ether oxygens (including phenoxy) is 1. The van der Waals surface area contributed by atoms with Crippen molar-refractivity contribution in [3.63, 3.8) is 0 Å². The van der Waals surface area contributed by atoms with Gasteiger partial charge in [0.25, 0.3) is 0 Å². The van der Waals surface area contributed by atoms with E-state index in [1.54, 1.807) is 7.11 Å². The monoisotopic (exact) mass is 289 g/mol. The van der Waals surface area contributed by atoms with Gasteiger partial charge < -0.3 is 10.5 Å². The summed E-state index contributed by atoms with van der Waals surface area (Å²) >= 11 is 5.99. The molecule has 0 saturated carbocycles. The smallest absolute Gasteiger partial charge is 0.125 e. The largest absolute Gasteiger partial charge is 0.496 e. The molecule has 2 aromatic rings. The van der Waals surface area contributed by atoms with Crippen molar-refractivity contribution in [2.24, 2.45) is 5.73 Å². The Morgan fingerprint density at radius 1 is 1.15 bits per heavy atom. The highest BCUT2D eigenvalue weighted by molar-refractivity contribution is 6.30. The molecule has 0 spiro atoms. The lowest BCUT2D eigenvalue weighted by atomic mass is 9.93. The lowest BCUT2D eigenvalue weighted by Gasteiger charge is -2.18. The molecule has 0 amide bonds. The van der Waals surface area contributed by atoms with Crippen molar-refractivity contribution in [1.82, 2.24) is 0 Å². The van der Waals surface area contributed by atoms with Crippen LogP contribution in [0, 0.1) is 13.8 Å². The van der Waals surface area contributed by atoms with E-state index in [4.69, 9.17) is 22.1 Å². The standard InChI is InChI=1S/C17H20ClNO/c1-11-5-4-6-12(2)15(11)10-16(19)14-8-7-13(18)9-17(14)20-3/h4-9,16H,10,19H2,1-3H3. The average molecular weight is 290 g/mol. The van der Waals surface area contributed by atoms with Gasteiger partial charge in [-0.05, 0) is 49.1 Å². The van der Waals surface area contributed by atoms with E-state index in [9.17, 15) is 0 Å². The Labute approximate surface area is 125 Å². The summed E-state index contributed by atoms with van der Waals surface area (Å²) in [6.07, 6.45) is 0.788. The summed E-state index contributed by atoms with van der Waals surface area (Å²) in [4.78, 5) is 0. The van der Waals surface area contributed by atoms with E-state index in [1.165, 1.54) is 16.7 Å². The van der Waals surface area contributed by atoms with Gasteiger partial charge in [-0.25, -0.2) is 0 Å². The molecular weight excluding hydrogens is 270 g/mol. The van der Waals surface area contributed by atoms with Crippen LogP contribution in [0.1, 0.15) is 28.3 Å². The van der Waals surface area contributed by atoms with Crippen molar-refractivity contribution in [2.45, 2.75) is 26.3 Å². The molecule has 106 valence electrons. The fourth-order valence-corrected chi connectivity index (χ4v) is 2.65. The van der Waals surface area contributed by atoms with Gasteiger partial charge in [-0.15, -0.1) is 0 Å². The van der Waals surface area contributed by atoms with Crippen LogP contribution in [0.25, 0.3) is 0 Å². The van der Waals surface area contributed by atoms with Gasteiger partial charge in [-0.2, -0.15) is 0 Å². The van der Waals surface area contributed by atoms with Gasteiger partial charge in [0.1, 0.15) is 5.75 Å². The molecule has 0 aromatic heterocycles. The van der Waals surface area contributed by atoms with E-state index >= 15 is 0 Å². The maximum Gasteiger partial charge on any atom is 0.125 e. The fraction of sp³-hybridized carbons (Fsp3) is 0.294. The highest BCUT2D eigenvalue weighted by atomic mass is 35.5. The number of hydrogen-bond donors (Lipinski definition) is 1. The van der Waals surface area contributed by atoms with E-state index in [0.29, 0.717) is 5.02 Å². The fourth-order valence-electron chi connectivity index (χ4n) is 2.49. The first kappa shape index (κ1) is 14.9. The highest BCUT2D eigenvalue weighted by Gasteiger charge is 2.15. The molecule has 2 rings (SSSR count). The number of rotatable bonds is 4. The third-order valence-corrected chi connectivity index (χ3v) is 3.90. The van der Waals surface area contributed by atoms with Gasteiger partial charge in [0.15, 0.2) is 0 Å². The normalized spacial score (nSPS) is 12.2. The van der Waals surface area contributed by atoms with Crippen LogP contribution in [0.2, 0.25) is 5.02 Å². The van der Waals surface area contributed by atoms with Crippen LogP contribution in [0.3, 0.4) is 0 Å². The van der Waals surface area contributed by atoms with Gasteiger partial charge in [0.05, 0.1) is 7.11 Å². The van der Waals surface area contributed by atoms with E-state index < -0.39 is 0 Å². The van der Waals surface area contributed by atoms with Gasteiger partial charge >= 0.3 is 0 Å². The van der Waals surface area contributed by atoms with Gasteiger partial charge in [-0.1, -0.05) is 35.9 Å². The maximum absolute atomic E-state index is 6.37. The zero-order valence-corrected chi connectivity index (χ0v) is 12.9. The number of halogens is 1. The second-order valence-corrected chi connectivity index (χ2v) is 5.50. The first-order valence-corrected chi connectivity index (χ1v) is 7.05. The van der Waals surface area contributed by atoms with E-state index in [1.807, 2.05) is 18.2 Å². The van der Waals surface area contributed by atoms with Crippen molar-refractivity contribution in [3.8, 4) is 5.75 Å². The van der Waals surface area contributed by atoms with Crippen molar-refractivity contribution in [1.29, 1.82) is 0 Å². The number of aryl methyl sites for hydroxylation is 2. The first-order valence-electron chi connectivity index (χ1n) is 6.67. The second kappa shape index (κ2) is 6.29. The predicted molar refractivity (Wildman–Crippen MR) is 84.6 cm³/mol. The summed E-state index contributed by atoms with van der Waals surface area (Å²) in [5.74, 6) is 0.747. The van der Waals surface area contributed by atoms with Gasteiger partial charge in [0, 0.05) is 16.6 Å². The van der Waals surface area contributed by atoms with Crippen molar-refractivity contribution >= 4 is 11.6 Å². The topological polar surface area (TPSA) is 35.2 Å². The minimum atomic E-state index is -0.109. The number of hydrogen-bond acceptors (Lipinski definition) is 2. The van der Waals surface area contributed by atoms with Gasteiger partial charge in [0.2, 0.25) is 0 Å². The molecule has 0 saturated heterocycles. The van der Waals surface area contributed by atoms with Crippen LogP contribution in [0.5, 0.6) is 5.75 Å². The Morgan fingerprint density at radius 2 is 1.80 bits per heavy atom. The lowest BCUT2D eigenvalue weighted by molar-refractivity contribution is 0.405. The third kappa shape index (κ3) is 3.14. The second-order valence-electron chi connectivity index (χ2n) is 5.07. The molecule has 20 heavy (non-hydrogen) atoms. The van der Waals surface area contributed by atoms with E-state index in [-0.39, 0.29) is 6.04 Å². The number of methoxy groups -OCH3 is 1. The molecule has 0 fully saturated rings. The zero-order valence-electron chi connectivity index (χ0n) is 12.1. The van der Waals surface area contributed by atoms with Gasteiger partial charge in [-0.3, -0.25) is 0 Å². The minimum Gasteiger partial charge on any atom is -0.496 e. The van der Waals surface area contributed by atoms with Crippen LogP contribution in [-0.2, 0) is 6.42 Å². The molecule has 0 bridgehead atoms. The Hall–Kier alpha value is -1.51. The molecule has 0 radical (unpaired) electrons. The summed E-state index contributed by atoms with van der Waals surface area (Å²) in [7, 11) is 1.64. The lowest BCUT2D eigenvalue weighted by Crippen LogP contribution is -2.15. The molecule has 0 aliphatic rings. The average Bonchev–Trinajstić information content (AvgIpc) is 2.42. The zero-order chi connectivity index (χ0) is 14.7. The Balaban J connectivity index is 2.31. The summed E-state index contributed by atoms with van der Waals surface area (Å²) in [6.45, 7) is 4.24. The van der Waals surface area contributed by atoms with Crippen LogP contribution in [0.4, 0.5) is 0 Å². The molecule has 2 N–H and O–H groups in total. The molecule has 0 aliphatic carbocycles. The Bertz CT molecular complexity index is 590. The maximum atomic E-state index is 6.37. The molecule has 0 heterocycles. The molecule has 2 aromatic carbocycles. The van der Waals surface area contributed by atoms with Crippen LogP contribution in [0.15, 0.2) is 36.4 Å². The summed E-state index contributed by atoms with van der Waals surface area (Å²) in [6, 6.07) is 11.8. The van der Waals surface area contributed by atoms with Crippen LogP contribution in [-0.4, -0.2) is 7.11 Å². The van der Waals surface area contributed by atoms with Crippen LogP contribution >= 0.6 is 11.6 Å². The first-order chi connectivity index (χ1) is 9.52. The molecule has 0 aliphatic heterocycles. The summed E-state index contributed by atoms with van der Waals surface area (Å²) in [5, 5.41) is 0.657. The summed E-state index contributed by atoms with van der Waals surface area (Å²) in [5.41, 5.74) is 11.2. The quantitative estimate of drug-likeness (QED) is 0.915. The Morgan fingerprint density at radius 3 is 2.40 bits per heavy atom. The highest BCUT2D eigenvalue weighted by Crippen LogP contribution is 2.30. The predicted octanol–water partition coefficient (Wildman–Crippen LogP) is 4.21. The SMILES string of the molecule is COc1cc(Cl)ccc1C(N)Cc1c(C)cccc1C. The van der Waals surface area contributed by atoms with Crippen LogP contribution < -0.4 is 10.5 Å². The van der Waals surface area contributed by atoms with E-state index in [2.05, 4.69) is 32.0 Å². The molecule has 1 atom stereocenters. The Kier molecular flexibility index (Phi) is 4.69. The minimum absolute atomic E-state index is 0.109.